The molecule has 7 heteroatoms. The molecule has 3 aromatic heterocycles. The summed E-state index contributed by atoms with van der Waals surface area (Å²) in [6, 6.07) is 12.7. The van der Waals surface area contributed by atoms with E-state index in [-0.39, 0.29) is 12.5 Å². The molecule has 3 heterocycles. The van der Waals surface area contributed by atoms with Crippen LogP contribution >= 0.6 is 0 Å². The summed E-state index contributed by atoms with van der Waals surface area (Å²) in [6.45, 7) is 3.46. The molecule has 1 aromatic carbocycles. The number of ether oxygens (including phenoxy) is 1. The minimum Gasteiger partial charge on any atom is -0.460 e. The number of hydrogen-bond acceptors (Lipinski definition) is 7. The van der Waals surface area contributed by atoms with E-state index < -0.39 is 5.97 Å². The standard InChI is InChI=1S/C19H15N3O4/c1-11-7-8-17(25-11)16-9-14(13-5-3-4-6-15(13)21-16)19(23)24-10-18-20-12(2)22-26-18/h3-9H,10H2,1-2H3. The van der Waals surface area contributed by atoms with Crippen molar-refractivity contribution in [3.63, 3.8) is 0 Å². The highest BCUT2D eigenvalue weighted by molar-refractivity contribution is 6.04. The van der Waals surface area contributed by atoms with Crippen LogP contribution in [0.1, 0.15) is 27.8 Å². The molecule has 0 amide bonds. The molecule has 0 N–H and O–H groups in total. The number of fused-ring (bicyclic) bond motifs is 1. The molecule has 0 aliphatic heterocycles. The van der Waals surface area contributed by atoms with Crippen molar-refractivity contribution in [2.24, 2.45) is 0 Å². The molecule has 0 spiro atoms. The third-order valence-electron chi connectivity index (χ3n) is 3.83. The van der Waals surface area contributed by atoms with E-state index in [4.69, 9.17) is 13.7 Å². The van der Waals surface area contributed by atoms with Gasteiger partial charge >= 0.3 is 5.97 Å². The van der Waals surface area contributed by atoms with Crippen molar-refractivity contribution in [3.05, 3.63) is 65.5 Å². The zero-order chi connectivity index (χ0) is 18.1. The third-order valence-corrected chi connectivity index (χ3v) is 3.83. The molecule has 26 heavy (non-hydrogen) atoms. The van der Waals surface area contributed by atoms with E-state index in [0.717, 1.165) is 5.76 Å². The van der Waals surface area contributed by atoms with Crippen molar-refractivity contribution in [3.8, 4) is 11.5 Å². The van der Waals surface area contributed by atoms with Crippen molar-refractivity contribution in [2.45, 2.75) is 20.5 Å². The zero-order valence-corrected chi connectivity index (χ0v) is 14.2. The Morgan fingerprint density at radius 2 is 1.96 bits per heavy atom. The van der Waals surface area contributed by atoms with Crippen LogP contribution in [0.3, 0.4) is 0 Å². The number of nitrogens with zero attached hydrogens (tertiary/aromatic N) is 3. The Hall–Kier alpha value is -3.48. The summed E-state index contributed by atoms with van der Waals surface area (Å²) < 4.78 is 15.9. The molecule has 0 saturated carbocycles. The van der Waals surface area contributed by atoms with Gasteiger partial charge in [0.1, 0.15) is 11.5 Å². The maximum Gasteiger partial charge on any atom is 0.339 e. The normalized spacial score (nSPS) is 11.0. The lowest BCUT2D eigenvalue weighted by Gasteiger charge is -2.08. The molecule has 130 valence electrons. The van der Waals surface area contributed by atoms with Gasteiger partial charge in [-0.15, -0.1) is 0 Å². The van der Waals surface area contributed by atoms with Gasteiger partial charge in [0.25, 0.3) is 5.89 Å². The first-order valence-corrected chi connectivity index (χ1v) is 8.03. The molecule has 0 atom stereocenters. The number of rotatable bonds is 4. The fraction of sp³-hybridized carbons (Fsp3) is 0.158. The first kappa shape index (κ1) is 16.0. The number of pyridine rings is 1. The fourth-order valence-electron chi connectivity index (χ4n) is 2.65. The second-order valence-corrected chi connectivity index (χ2v) is 5.79. The zero-order valence-electron chi connectivity index (χ0n) is 14.2. The Morgan fingerprint density at radius 1 is 1.12 bits per heavy atom. The van der Waals surface area contributed by atoms with Gasteiger partial charge in [-0.25, -0.2) is 9.78 Å². The molecule has 0 saturated heterocycles. The van der Waals surface area contributed by atoms with Crippen LogP contribution in [0.4, 0.5) is 0 Å². The summed E-state index contributed by atoms with van der Waals surface area (Å²) in [5.41, 5.74) is 1.65. The average Bonchev–Trinajstić information content (AvgIpc) is 3.27. The predicted octanol–water partition coefficient (Wildman–Crippen LogP) is 3.85. The topological polar surface area (TPSA) is 91.2 Å². The van der Waals surface area contributed by atoms with Crippen LogP contribution in [0.5, 0.6) is 0 Å². The largest absolute Gasteiger partial charge is 0.460 e. The van der Waals surface area contributed by atoms with Crippen molar-refractivity contribution < 1.29 is 18.5 Å². The quantitative estimate of drug-likeness (QED) is 0.517. The second kappa shape index (κ2) is 6.44. The van der Waals surface area contributed by atoms with E-state index in [1.165, 1.54) is 0 Å². The van der Waals surface area contributed by atoms with Crippen LogP contribution in [0, 0.1) is 13.8 Å². The van der Waals surface area contributed by atoms with E-state index in [1.54, 1.807) is 13.0 Å². The lowest BCUT2D eigenvalue weighted by molar-refractivity contribution is 0.0432. The number of benzene rings is 1. The maximum absolute atomic E-state index is 12.7. The molecule has 0 radical (unpaired) electrons. The van der Waals surface area contributed by atoms with Crippen LogP contribution in [-0.4, -0.2) is 21.1 Å². The van der Waals surface area contributed by atoms with Crippen LogP contribution in [0.2, 0.25) is 0 Å². The highest BCUT2D eigenvalue weighted by Gasteiger charge is 2.17. The van der Waals surface area contributed by atoms with E-state index in [0.29, 0.717) is 33.7 Å². The summed E-state index contributed by atoms with van der Waals surface area (Å²) >= 11 is 0. The smallest absolute Gasteiger partial charge is 0.339 e. The fourth-order valence-corrected chi connectivity index (χ4v) is 2.65. The number of aryl methyl sites for hydroxylation is 2. The summed E-state index contributed by atoms with van der Waals surface area (Å²) in [5, 5.41) is 4.37. The monoisotopic (exact) mass is 349 g/mol. The Labute approximate surface area is 148 Å². The van der Waals surface area contributed by atoms with Gasteiger partial charge in [0.15, 0.2) is 18.2 Å². The number of hydrogen-bond donors (Lipinski definition) is 0. The van der Waals surface area contributed by atoms with Gasteiger partial charge in [0, 0.05) is 5.39 Å². The van der Waals surface area contributed by atoms with Gasteiger partial charge in [0.05, 0.1) is 11.1 Å². The Balaban J connectivity index is 1.71. The third kappa shape index (κ3) is 3.06. The van der Waals surface area contributed by atoms with Gasteiger partial charge < -0.3 is 13.7 Å². The van der Waals surface area contributed by atoms with Crippen LogP contribution < -0.4 is 0 Å². The van der Waals surface area contributed by atoms with Crippen LogP contribution in [-0.2, 0) is 11.3 Å². The molecular weight excluding hydrogens is 334 g/mol. The minimum atomic E-state index is -0.496. The molecule has 7 nitrogen and oxygen atoms in total. The lowest BCUT2D eigenvalue weighted by atomic mass is 10.1. The number of furan rings is 1. The molecular formula is C19H15N3O4. The van der Waals surface area contributed by atoms with Gasteiger partial charge in [-0.05, 0) is 38.1 Å². The molecule has 0 unspecified atom stereocenters. The molecule has 4 aromatic rings. The van der Waals surface area contributed by atoms with Crippen LogP contribution in [0.15, 0.2) is 51.4 Å². The lowest BCUT2D eigenvalue weighted by Crippen LogP contribution is -2.07. The number of esters is 1. The molecule has 0 aliphatic rings. The van der Waals surface area contributed by atoms with E-state index in [9.17, 15) is 4.79 Å². The molecule has 0 fully saturated rings. The molecule has 4 rings (SSSR count). The summed E-state index contributed by atoms with van der Waals surface area (Å²) in [4.78, 5) is 21.3. The van der Waals surface area contributed by atoms with E-state index in [2.05, 4.69) is 15.1 Å². The Bertz CT molecular complexity index is 1100. The van der Waals surface area contributed by atoms with Gasteiger partial charge in [-0.3, -0.25) is 0 Å². The van der Waals surface area contributed by atoms with Gasteiger partial charge in [-0.2, -0.15) is 4.98 Å². The molecule has 0 aliphatic carbocycles. The predicted molar refractivity (Wildman–Crippen MR) is 92.3 cm³/mol. The van der Waals surface area contributed by atoms with Crippen molar-refractivity contribution in [2.75, 3.05) is 0 Å². The Morgan fingerprint density at radius 3 is 2.69 bits per heavy atom. The first-order valence-electron chi connectivity index (χ1n) is 8.03. The van der Waals surface area contributed by atoms with Gasteiger partial charge in [0.2, 0.25) is 0 Å². The second-order valence-electron chi connectivity index (χ2n) is 5.79. The first-order chi connectivity index (χ1) is 12.6. The molecule has 0 bridgehead atoms. The SMILES string of the molecule is Cc1noc(COC(=O)c2cc(-c3ccc(C)o3)nc3ccccc23)n1. The van der Waals surface area contributed by atoms with Crippen LogP contribution in [0.25, 0.3) is 22.4 Å². The maximum atomic E-state index is 12.7. The summed E-state index contributed by atoms with van der Waals surface area (Å²) in [7, 11) is 0. The highest BCUT2D eigenvalue weighted by atomic mass is 16.6. The minimum absolute atomic E-state index is 0.0917. The number of para-hydroxylation sites is 1. The van der Waals surface area contributed by atoms with Crippen molar-refractivity contribution in [1.82, 2.24) is 15.1 Å². The summed E-state index contributed by atoms with van der Waals surface area (Å²) in [6.07, 6.45) is 0. The number of carbonyl (C=O) groups excluding carboxylic acids is 1. The Kier molecular flexibility index (Phi) is 3.96. The number of aromatic nitrogens is 3. The highest BCUT2D eigenvalue weighted by Crippen LogP contribution is 2.26. The van der Waals surface area contributed by atoms with Crippen molar-refractivity contribution in [1.29, 1.82) is 0 Å². The van der Waals surface area contributed by atoms with E-state index >= 15 is 0 Å². The average molecular weight is 349 g/mol. The van der Waals surface area contributed by atoms with Gasteiger partial charge in [-0.1, -0.05) is 23.4 Å². The van der Waals surface area contributed by atoms with Crippen molar-refractivity contribution >= 4 is 16.9 Å². The van der Waals surface area contributed by atoms with E-state index in [1.807, 2.05) is 43.3 Å². The summed E-state index contributed by atoms with van der Waals surface area (Å²) in [5.74, 6) is 1.60. The number of carbonyl (C=O) groups is 1.